The molecule has 3 N–H and O–H groups in total. The summed E-state index contributed by atoms with van der Waals surface area (Å²) in [7, 11) is 0. The third kappa shape index (κ3) is 3.69. The first kappa shape index (κ1) is 17.3. The number of nitrogens with two attached hydrogens (primary N) is 1. The lowest BCUT2D eigenvalue weighted by Gasteiger charge is -2.25. The number of nitrogens with one attached hydrogen (secondary N) is 1. The van der Waals surface area contributed by atoms with Crippen molar-refractivity contribution in [2.45, 2.75) is 31.7 Å². The summed E-state index contributed by atoms with van der Waals surface area (Å²) in [5, 5.41) is 7.36. The second-order valence-corrected chi connectivity index (χ2v) is 6.90. The number of aromatic amines is 1. The van der Waals surface area contributed by atoms with Crippen molar-refractivity contribution in [2.24, 2.45) is 0 Å². The Morgan fingerprint density at radius 2 is 2.11 bits per heavy atom. The molecule has 0 saturated carbocycles. The number of carbonyl (C=O) groups excluding carboxylic acids is 1. The van der Waals surface area contributed by atoms with Crippen LogP contribution in [-0.2, 0) is 11.2 Å². The highest BCUT2D eigenvalue weighted by atomic mass is 16.2. The number of aryl methyl sites for hydroxylation is 1. The van der Waals surface area contributed by atoms with E-state index in [-0.39, 0.29) is 11.9 Å². The largest absolute Gasteiger partial charge is 0.384 e. The average molecular weight is 361 g/mol. The molecule has 6 nitrogen and oxygen atoms in total. The standard InChI is InChI=1S/C21H23N5O/c22-19-13-16(10-11-23-19)17-14-24-25-21(17)18-7-4-12-26(18)20(27)9-8-15-5-2-1-3-6-15/h1-3,5-6,10-11,13-14,18H,4,7-9,12H2,(H2,22,23)(H,24,25). The number of amides is 1. The first-order valence-corrected chi connectivity index (χ1v) is 9.31. The number of rotatable bonds is 5. The maximum absolute atomic E-state index is 12.9. The van der Waals surface area contributed by atoms with Gasteiger partial charge in [0, 0.05) is 24.7 Å². The lowest BCUT2D eigenvalue weighted by atomic mass is 10.0. The van der Waals surface area contributed by atoms with Crippen LogP contribution in [0, 0.1) is 0 Å². The Morgan fingerprint density at radius 3 is 2.93 bits per heavy atom. The van der Waals surface area contributed by atoms with Gasteiger partial charge in [-0.05, 0) is 42.5 Å². The summed E-state index contributed by atoms with van der Waals surface area (Å²) in [6.07, 6.45) is 6.71. The van der Waals surface area contributed by atoms with Crippen molar-refractivity contribution in [3.05, 3.63) is 66.1 Å². The molecule has 2 aromatic heterocycles. The molecule has 0 radical (unpaired) electrons. The molecule has 1 aliphatic rings. The summed E-state index contributed by atoms with van der Waals surface area (Å²) >= 11 is 0. The Bertz CT molecular complexity index is 921. The molecular formula is C21H23N5O. The number of hydrogen-bond donors (Lipinski definition) is 2. The SMILES string of the molecule is Nc1cc(-c2cn[nH]c2C2CCCN2C(=O)CCc2ccccc2)ccn1. The number of anilines is 1. The van der Waals surface area contributed by atoms with Gasteiger partial charge in [-0.1, -0.05) is 30.3 Å². The van der Waals surface area contributed by atoms with Crippen molar-refractivity contribution in [2.75, 3.05) is 12.3 Å². The number of carbonyl (C=O) groups is 1. The molecule has 4 rings (SSSR count). The molecule has 0 bridgehead atoms. The predicted octanol–water partition coefficient (Wildman–Crippen LogP) is 3.35. The van der Waals surface area contributed by atoms with Crippen LogP contribution in [0.1, 0.15) is 36.6 Å². The Hall–Kier alpha value is -3.15. The number of H-pyrrole nitrogens is 1. The highest BCUT2D eigenvalue weighted by molar-refractivity contribution is 5.78. The van der Waals surface area contributed by atoms with Gasteiger partial charge in [0.15, 0.2) is 0 Å². The summed E-state index contributed by atoms with van der Waals surface area (Å²) in [6, 6.07) is 13.9. The zero-order chi connectivity index (χ0) is 18.6. The summed E-state index contributed by atoms with van der Waals surface area (Å²) in [5.41, 5.74) is 9.95. The lowest BCUT2D eigenvalue weighted by Crippen LogP contribution is -2.31. The minimum atomic E-state index is 0.0279. The van der Waals surface area contributed by atoms with Gasteiger partial charge in [-0.3, -0.25) is 9.89 Å². The first-order chi connectivity index (χ1) is 13.2. The molecule has 1 aliphatic heterocycles. The smallest absolute Gasteiger partial charge is 0.223 e. The number of pyridine rings is 1. The summed E-state index contributed by atoms with van der Waals surface area (Å²) in [4.78, 5) is 18.9. The summed E-state index contributed by atoms with van der Waals surface area (Å²) in [6.45, 7) is 0.787. The van der Waals surface area contributed by atoms with Crippen LogP contribution >= 0.6 is 0 Å². The third-order valence-corrected chi connectivity index (χ3v) is 5.14. The first-order valence-electron chi connectivity index (χ1n) is 9.31. The molecule has 1 saturated heterocycles. The molecule has 0 aliphatic carbocycles. The van der Waals surface area contributed by atoms with Crippen LogP contribution in [0.4, 0.5) is 5.82 Å². The molecule has 138 valence electrons. The molecule has 27 heavy (non-hydrogen) atoms. The van der Waals surface area contributed by atoms with E-state index >= 15 is 0 Å². The minimum absolute atomic E-state index is 0.0279. The van der Waals surface area contributed by atoms with Gasteiger partial charge < -0.3 is 10.6 Å². The van der Waals surface area contributed by atoms with Crippen LogP contribution in [0.3, 0.4) is 0 Å². The molecule has 1 fully saturated rings. The van der Waals surface area contributed by atoms with E-state index in [1.807, 2.05) is 35.2 Å². The second kappa shape index (κ2) is 7.61. The Morgan fingerprint density at radius 1 is 1.26 bits per heavy atom. The number of benzene rings is 1. The van der Waals surface area contributed by atoms with E-state index in [1.165, 1.54) is 5.56 Å². The molecule has 3 aromatic rings. The van der Waals surface area contributed by atoms with Crippen LogP contribution in [0.2, 0.25) is 0 Å². The van der Waals surface area contributed by atoms with Gasteiger partial charge in [0.2, 0.25) is 5.91 Å². The number of nitrogens with zero attached hydrogens (tertiary/aromatic N) is 3. The molecular weight excluding hydrogens is 338 g/mol. The van der Waals surface area contributed by atoms with E-state index in [9.17, 15) is 4.79 Å². The molecule has 1 atom stereocenters. The predicted molar refractivity (Wildman–Crippen MR) is 105 cm³/mol. The quantitative estimate of drug-likeness (QED) is 0.729. The lowest BCUT2D eigenvalue weighted by molar-refractivity contribution is -0.132. The van der Waals surface area contributed by atoms with Crippen molar-refractivity contribution >= 4 is 11.7 Å². The maximum atomic E-state index is 12.9. The van der Waals surface area contributed by atoms with Gasteiger partial charge >= 0.3 is 0 Å². The Labute approximate surface area is 158 Å². The zero-order valence-electron chi connectivity index (χ0n) is 15.1. The zero-order valence-corrected chi connectivity index (χ0v) is 15.1. The van der Waals surface area contributed by atoms with Crippen molar-refractivity contribution in [3.8, 4) is 11.1 Å². The third-order valence-electron chi connectivity index (χ3n) is 5.14. The Kier molecular flexibility index (Phi) is 4.87. The topological polar surface area (TPSA) is 87.9 Å². The number of likely N-dealkylation sites (tertiary alicyclic amines) is 1. The van der Waals surface area contributed by atoms with E-state index in [0.29, 0.717) is 12.2 Å². The van der Waals surface area contributed by atoms with Crippen LogP contribution < -0.4 is 5.73 Å². The molecule has 1 unspecified atom stereocenters. The fraction of sp³-hybridized carbons (Fsp3) is 0.286. The maximum Gasteiger partial charge on any atom is 0.223 e. The summed E-state index contributed by atoms with van der Waals surface area (Å²) in [5.74, 6) is 0.665. The van der Waals surface area contributed by atoms with Crippen LogP contribution in [0.5, 0.6) is 0 Å². The second-order valence-electron chi connectivity index (χ2n) is 6.90. The monoisotopic (exact) mass is 361 g/mol. The van der Waals surface area contributed by atoms with Crippen LogP contribution in [-0.4, -0.2) is 32.5 Å². The van der Waals surface area contributed by atoms with Gasteiger partial charge in [-0.15, -0.1) is 0 Å². The van der Waals surface area contributed by atoms with Crippen molar-refractivity contribution < 1.29 is 4.79 Å². The highest BCUT2D eigenvalue weighted by Crippen LogP contribution is 2.37. The van der Waals surface area contributed by atoms with E-state index in [0.717, 1.165) is 42.6 Å². The van der Waals surface area contributed by atoms with Crippen molar-refractivity contribution in [1.82, 2.24) is 20.1 Å². The van der Waals surface area contributed by atoms with E-state index in [2.05, 4.69) is 27.3 Å². The van der Waals surface area contributed by atoms with Crippen LogP contribution in [0.15, 0.2) is 54.9 Å². The van der Waals surface area contributed by atoms with Gasteiger partial charge in [0.05, 0.1) is 17.9 Å². The fourth-order valence-corrected chi connectivity index (χ4v) is 3.80. The number of aromatic nitrogens is 3. The fourth-order valence-electron chi connectivity index (χ4n) is 3.80. The van der Waals surface area contributed by atoms with Gasteiger partial charge in [-0.2, -0.15) is 5.10 Å². The summed E-state index contributed by atoms with van der Waals surface area (Å²) < 4.78 is 0. The van der Waals surface area contributed by atoms with Gasteiger partial charge in [0.25, 0.3) is 0 Å². The van der Waals surface area contributed by atoms with E-state index in [1.54, 1.807) is 12.4 Å². The van der Waals surface area contributed by atoms with Crippen molar-refractivity contribution in [1.29, 1.82) is 0 Å². The molecule has 1 amide bonds. The molecule has 0 spiro atoms. The average Bonchev–Trinajstić information content (AvgIpc) is 3.36. The molecule has 1 aromatic carbocycles. The molecule has 6 heteroatoms. The number of hydrogen-bond acceptors (Lipinski definition) is 4. The number of nitrogen functional groups attached to an aromatic ring is 1. The normalized spacial score (nSPS) is 16.6. The Balaban J connectivity index is 1.52. The molecule has 3 heterocycles. The minimum Gasteiger partial charge on any atom is -0.384 e. The van der Waals surface area contributed by atoms with E-state index < -0.39 is 0 Å². The van der Waals surface area contributed by atoms with Crippen molar-refractivity contribution in [3.63, 3.8) is 0 Å². The van der Waals surface area contributed by atoms with Gasteiger partial charge in [0.1, 0.15) is 5.82 Å². The van der Waals surface area contributed by atoms with E-state index in [4.69, 9.17) is 5.73 Å². The van der Waals surface area contributed by atoms with Crippen LogP contribution in [0.25, 0.3) is 11.1 Å². The highest BCUT2D eigenvalue weighted by Gasteiger charge is 2.32. The van der Waals surface area contributed by atoms with Gasteiger partial charge in [-0.25, -0.2) is 4.98 Å².